The van der Waals surface area contributed by atoms with Crippen molar-refractivity contribution in [2.24, 2.45) is 0 Å². The van der Waals surface area contributed by atoms with Crippen LogP contribution in [-0.4, -0.2) is 0 Å². The van der Waals surface area contributed by atoms with Crippen molar-refractivity contribution < 1.29 is 22.0 Å². The Kier molecular flexibility index (Phi) is 2.61. The molecule has 0 heterocycles. The van der Waals surface area contributed by atoms with E-state index in [4.69, 9.17) is 0 Å². The highest BCUT2D eigenvalue weighted by atomic mass is 79.9. The molecule has 0 fully saturated rings. The third-order valence-corrected chi connectivity index (χ3v) is 1.89. The third-order valence-electron chi connectivity index (χ3n) is 1.31. The molecule has 0 bridgehead atoms. The minimum atomic E-state index is -4.67. The first-order chi connectivity index (χ1) is 5.82. The van der Waals surface area contributed by atoms with Crippen LogP contribution in [0.2, 0.25) is 0 Å². The molecule has 0 aliphatic carbocycles. The van der Waals surface area contributed by atoms with Gasteiger partial charge in [-0.3, -0.25) is 0 Å². The van der Waals surface area contributed by atoms with E-state index in [1.807, 2.05) is 0 Å². The highest BCUT2D eigenvalue weighted by Gasteiger charge is 2.32. The van der Waals surface area contributed by atoms with Crippen LogP contribution in [0.3, 0.4) is 0 Å². The first-order valence-electron chi connectivity index (χ1n) is 3.04. The van der Waals surface area contributed by atoms with Crippen molar-refractivity contribution in [3.8, 4) is 0 Å². The Morgan fingerprint density at radius 2 is 1.62 bits per heavy atom. The Hall–Kier alpha value is -0.650. The molecule has 0 unspecified atom stereocenters. The number of rotatable bonds is 0. The van der Waals surface area contributed by atoms with Crippen molar-refractivity contribution in [1.82, 2.24) is 0 Å². The molecule has 72 valence electrons. The molecule has 0 aromatic heterocycles. The largest absolute Gasteiger partial charge is 0.416 e. The van der Waals surface area contributed by atoms with Crippen LogP contribution < -0.4 is 0 Å². The van der Waals surface area contributed by atoms with Crippen LogP contribution in [0.15, 0.2) is 16.6 Å². The number of hydrogen-bond donors (Lipinski definition) is 0. The van der Waals surface area contributed by atoms with E-state index < -0.39 is 27.8 Å². The summed E-state index contributed by atoms with van der Waals surface area (Å²) in [6.07, 6.45) is -4.67. The van der Waals surface area contributed by atoms with Crippen LogP contribution in [-0.2, 0) is 6.18 Å². The Balaban J connectivity index is 3.29. The molecule has 6 heteroatoms. The molecule has 0 saturated heterocycles. The number of alkyl halides is 3. The molecule has 0 nitrogen and oxygen atoms in total. The Morgan fingerprint density at radius 3 is 2.00 bits per heavy atom. The fourth-order valence-corrected chi connectivity index (χ4v) is 1.16. The molecule has 1 rings (SSSR count). The average Bonchev–Trinajstić information content (AvgIpc) is 1.97. The van der Waals surface area contributed by atoms with Gasteiger partial charge in [0.05, 0.1) is 10.0 Å². The van der Waals surface area contributed by atoms with Crippen molar-refractivity contribution in [2.45, 2.75) is 6.18 Å². The van der Waals surface area contributed by atoms with Crippen molar-refractivity contribution >= 4 is 15.9 Å². The van der Waals surface area contributed by atoms with Gasteiger partial charge in [0.1, 0.15) is 0 Å². The highest BCUT2D eigenvalue weighted by Crippen LogP contribution is 2.32. The minimum absolute atomic E-state index is 0.111. The summed E-state index contributed by atoms with van der Waals surface area (Å²) in [6, 6.07) is 0.596. The summed E-state index contributed by atoms with van der Waals surface area (Å²) in [5.41, 5.74) is -1.22. The quantitative estimate of drug-likeness (QED) is 0.493. The van der Waals surface area contributed by atoms with Crippen LogP contribution in [0.25, 0.3) is 0 Å². The van der Waals surface area contributed by atoms with E-state index in [0.29, 0.717) is 6.07 Å². The normalized spacial score (nSPS) is 11.8. The lowest BCUT2D eigenvalue weighted by atomic mass is 10.2. The molecule has 0 spiro atoms. The van der Waals surface area contributed by atoms with Gasteiger partial charge in [0.2, 0.25) is 0 Å². The SMILES string of the molecule is Fc1cc(C(F)(F)F)cc(Br)c1F. The monoisotopic (exact) mass is 260 g/mol. The van der Waals surface area contributed by atoms with Gasteiger partial charge in [-0.25, -0.2) is 8.78 Å². The minimum Gasteiger partial charge on any atom is -0.204 e. The third kappa shape index (κ3) is 2.18. The van der Waals surface area contributed by atoms with Gasteiger partial charge in [-0.15, -0.1) is 0 Å². The Bertz CT molecular complexity index is 307. The number of hydrogen-bond acceptors (Lipinski definition) is 0. The van der Waals surface area contributed by atoms with Crippen LogP contribution in [0.4, 0.5) is 22.0 Å². The predicted octanol–water partition coefficient (Wildman–Crippen LogP) is 3.75. The van der Waals surface area contributed by atoms with E-state index in [1.165, 1.54) is 0 Å². The van der Waals surface area contributed by atoms with E-state index in [1.54, 1.807) is 0 Å². The molecule has 1 aromatic carbocycles. The zero-order valence-corrected chi connectivity index (χ0v) is 7.51. The zero-order valence-electron chi connectivity index (χ0n) is 5.92. The topological polar surface area (TPSA) is 0 Å². The number of benzene rings is 1. The van der Waals surface area contributed by atoms with Crippen LogP contribution >= 0.6 is 15.9 Å². The highest BCUT2D eigenvalue weighted by molar-refractivity contribution is 9.10. The fraction of sp³-hybridized carbons (Fsp3) is 0.143. The maximum atomic E-state index is 12.5. The van der Waals surface area contributed by atoms with Crippen molar-refractivity contribution in [3.63, 3.8) is 0 Å². The molecule has 1 aromatic rings. The van der Waals surface area contributed by atoms with Gasteiger partial charge in [-0.05, 0) is 28.1 Å². The summed E-state index contributed by atoms with van der Waals surface area (Å²) in [5.74, 6) is -2.85. The lowest BCUT2D eigenvalue weighted by Crippen LogP contribution is -2.06. The summed E-state index contributed by atoms with van der Waals surface area (Å²) in [4.78, 5) is 0. The summed E-state index contributed by atoms with van der Waals surface area (Å²) < 4.78 is 60.3. The van der Waals surface area contributed by atoms with Gasteiger partial charge in [0.15, 0.2) is 11.6 Å². The molecular formula is C7H2BrF5. The first-order valence-corrected chi connectivity index (χ1v) is 3.83. The van der Waals surface area contributed by atoms with E-state index >= 15 is 0 Å². The molecule has 13 heavy (non-hydrogen) atoms. The fourth-order valence-electron chi connectivity index (χ4n) is 0.719. The lowest BCUT2D eigenvalue weighted by Gasteiger charge is -2.07. The average molecular weight is 261 g/mol. The summed E-state index contributed by atoms with van der Waals surface area (Å²) in [6.45, 7) is 0. The lowest BCUT2D eigenvalue weighted by molar-refractivity contribution is -0.137. The second-order valence-electron chi connectivity index (χ2n) is 2.25. The first kappa shape index (κ1) is 10.4. The second kappa shape index (κ2) is 3.25. The van der Waals surface area contributed by atoms with Gasteiger partial charge in [-0.1, -0.05) is 0 Å². The Labute approximate surface area is 78.5 Å². The van der Waals surface area contributed by atoms with E-state index in [2.05, 4.69) is 15.9 Å². The van der Waals surface area contributed by atoms with Gasteiger partial charge < -0.3 is 0 Å². The van der Waals surface area contributed by atoms with E-state index in [9.17, 15) is 22.0 Å². The summed E-state index contributed by atoms with van der Waals surface area (Å²) >= 11 is 2.47. The summed E-state index contributed by atoms with van der Waals surface area (Å²) in [7, 11) is 0. The maximum absolute atomic E-state index is 12.5. The van der Waals surface area contributed by atoms with Crippen molar-refractivity contribution in [3.05, 3.63) is 33.8 Å². The van der Waals surface area contributed by atoms with E-state index in [0.717, 1.165) is 0 Å². The predicted molar refractivity (Wildman–Crippen MR) is 39.1 cm³/mol. The van der Waals surface area contributed by atoms with Crippen LogP contribution in [0, 0.1) is 11.6 Å². The van der Waals surface area contributed by atoms with Crippen LogP contribution in [0.5, 0.6) is 0 Å². The maximum Gasteiger partial charge on any atom is 0.416 e. The summed E-state index contributed by atoms with van der Waals surface area (Å²) in [5, 5.41) is 0. The number of halogens is 6. The van der Waals surface area contributed by atoms with Crippen molar-refractivity contribution in [1.29, 1.82) is 0 Å². The Morgan fingerprint density at radius 1 is 1.08 bits per heavy atom. The van der Waals surface area contributed by atoms with E-state index in [-0.39, 0.29) is 6.07 Å². The zero-order chi connectivity index (χ0) is 10.2. The molecule has 0 aliphatic rings. The molecule has 0 amide bonds. The van der Waals surface area contributed by atoms with Gasteiger partial charge >= 0.3 is 6.18 Å². The van der Waals surface area contributed by atoms with Gasteiger partial charge in [0, 0.05) is 0 Å². The molecule has 0 N–H and O–H groups in total. The second-order valence-corrected chi connectivity index (χ2v) is 3.11. The van der Waals surface area contributed by atoms with Crippen LogP contribution in [0.1, 0.15) is 5.56 Å². The van der Waals surface area contributed by atoms with Gasteiger partial charge in [-0.2, -0.15) is 13.2 Å². The molecular weight excluding hydrogens is 259 g/mol. The smallest absolute Gasteiger partial charge is 0.204 e. The molecule has 0 aliphatic heterocycles. The molecule has 0 radical (unpaired) electrons. The van der Waals surface area contributed by atoms with Crippen molar-refractivity contribution in [2.75, 3.05) is 0 Å². The standard InChI is InChI=1S/C7H2BrF5/c8-4-1-3(7(11,12)13)2-5(9)6(4)10/h1-2H. The van der Waals surface area contributed by atoms with Gasteiger partial charge in [0.25, 0.3) is 0 Å². The molecule has 0 atom stereocenters. The molecule has 0 saturated carbocycles.